The van der Waals surface area contributed by atoms with Gasteiger partial charge in [0.15, 0.2) is 11.6 Å². The van der Waals surface area contributed by atoms with Crippen LogP contribution in [0.15, 0.2) is 28.7 Å². The smallest absolute Gasteiger partial charge is 0.255 e. The number of hydrogen-bond donors (Lipinski definition) is 1. The quantitative estimate of drug-likeness (QED) is 0.931. The first-order chi connectivity index (χ1) is 9.38. The fraction of sp³-hybridized carbons (Fsp3) is 0.267. The lowest BCUT2D eigenvalue weighted by atomic mass is 10.1. The number of carbonyl (C=O) groups is 1. The fourth-order valence-corrected chi connectivity index (χ4v) is 2.00. The Labute approximate surface area is 115 Å². The van der Waals surface area contributed by atoms with Gasteiger partial charge in [-0.1, -0.05) is 6.07 Å². The van der Waals surface area contributed by atoms with Crippen LogP contribution in [0.1, 0.15) is 40.4 Å². The highest BCUT2D eigenvalue weighted by Gasteiger charge is 2.17. The molecule has 0 saturated carbocycles. The Morgan fingerprint density at radius 2 is 1.90 bits per heavy atom. The Balaban J connectivity index is 2.14. The molecule has 1 amide bonds. The maximum atomic E-state index is 13.2. The van der Waals surface area contributed by atoms with E-state index in [2.05, 4.69) is 5.32 Å². The third-order valence-electron chi connectivity index (χ3n) is 3.08. The molecule has 106 valence electrons. The van der Waals surface area contributed by atoms with Crippen molar-refractivity contribution in [3.63, 3.8) is 0 Å². The Hall–Kier alpha value is -2.17. The van der Waals surface area contributed by atoms with Crippen molar-refractivity contribution in [2.75, 3.05) is 0 Å². The van der Waals surface area contributed by atoms with Crippen molar-refractivity contribution in [1.29, 1.82) is 0 Å². The van der Waals surface area contributed by atoms with E-state index in [1.807, 2.05) is 0 Å². The summed E-state index contributed by atoms with van der Waals surface area (Å²) in [5.41, 5.74) is 0.937. The van der Waals surface area contributed by atoms with E-state index < -0.39 is 17.7 Å². The zero-order valence-electron chi connectivity index (χ0n) is 11.5. The van der Waals surface area contributed by atoms with E-state index >= 15 is 0 Å². The molecule has 1 aromatic heterocycles. The van der Waals surface area contributed by atoms with Crippen LogP contribution < -0.4 is 5.32 Å². The topological polar surface area (TPSA) is 42.2 Å². The van der Waals surface area contributed by atoms with Crippen molar-refractivity contribution in [3.05, 3.63) is 58.5 Å². The number of rotatable bonds is 3. The van der Waals surface area contributed by atoms with E-state index in [9.17, 15) is 13.6 Å². The summed E-state index contributed by atoms with van der Waals surface area (Å²) in [5, 5.41) is 2.73. The third kappa shape index (κ3) is 2.87. The number of benzene rings is 1. The summed E-state index contributed by atoms with van der Waals surface area (Å²) in [5.74, 6) is -0.977. The molecule has 0 aliphatic heterocycles. The number of amides is 1. The Morgan fingerprint density at radius 1 is 1.20 bits per heavy atom. The molecule has 0 spiro atoms. The molecule has 1 atom stereocenters. The molecule has 0 saturated heterocycles. The Kier molecular flexibility index (Phi) is 3.88. The largest absolute Gasteiger partial charge is 0.466 e. The van der Waals surface area contributed by atoms with Gasteiger partial charge in [0.2, 0.25) is 0 Å². The van der Waals surface area contributed by atoms with Gasteiger partial charge in [-0.05, 0) is 44.5 Å². The van der Waals surface area contributed by atoms with Crippen LogP contribution in [0.25, 0.3) is 0 Å². The fourth-order valence-electron chi connectivity index (χ4n) is 2.00. The molecule has 1 N–H and O–H groups in total. The normalized spacial score (nSPS) is 12.2. The number of hydrogen-bond acceptors (Lipinski definition) is 2. The maximum Gasteiger partial charge on any atom is 0.255 e. The lowest BCUT2D eigenvalue weighted by Gasteiger charge is -2.14. The number of halogens is 2. The van der Waals surface area contributed by atoms with Crippen LogP contribution in [0.4, 0.5) is 8.78 Å². The van der Waals surface area contributed by atoms with E-state index in [0.29, 0.717) is 22.6 Å². The first-order valence-corrected chi connectivity index (χ1v) is 6.21. The minimum atomic E-state index is -0.932. The zero-order chi connectivity index (χ0) is 14.9. The van der Waals surface area contributed by atoms with Gasteiger partial charge in [0.1, 0.15) is 11.5 Å². The summed E-state index contributed by atoms with van der Waals surface area (Å²) in [7, 11) is 0. The SMILES string of the molecule is Cc1cc(C(=O)NC(C)c2ccc(F)c(F)c2)c(C)o1. The summed E-state index contributed by atoms with van der Waals surface area (Å²) in [6.07, 6.45) is 0. The van der Waals surface area contributed by atoms with Gasteiger partial charge in [0.25, 0.3) is 5.91 Å². The molecule has 0 radical (unpaired) electrons. The molecule has 0 aliphatic carbocycles. The van der Waals surface area contributed by atoms with Gasteiger partial charge >= 0.3 is 0 Å². The van der Waals surface area contributed by atoms with Crippen molar-refractivity contribution in [1.82, 2.24) is 5.32 Å². The predicted octanol–water partition coefficient (Wildman–Crippen LogP) is 3.67. The molecule has 1 heterocycles. The first-order valence-electron chi connectivity index (χ1n) is 6.21. The minimum absolute atomic E-state index is 0.309. The van der Waals surface area contributed by atoms with E-state index in [0.717, 1.165) is 12.1 Å². The van der Waals surface area contributed by atoms with Crippen LogP contribution in [0.5, 0.6) is 0 Å². The van der Waals surface area contributed by atoms with Crippen LogP contribution in [0.2, 0.25) is 0 Å². The summed E-state index contributed by atoms with van der Waals surface area (Å²) in [6.45, 7) is 5.15. The summed E-state index contributed by atoms with van der Waals surface area (Å²) < 4.78 is 31.3. The molecule has 0 fully saturated rings. The molecule has 5 heteroatoms. The van der Waals surface area contributed by atoms with Crippen LogP contribution >= 0.6 is 0 Å². The molecule has 1 aromatic carbocycles. The number of nitrogens with one attached hydrogen (secondary N) is 1. The van der Waals surface area contributed by atoms with E-state index in [-0.39, 0.29) is 5.91 Å². The molecule has 1 unspecified atom stereocenters. The van der Waals surface area contributed by atoms with Gasteiger partial charge in [0, 0.05) is 0 Å². The molecule has 2 rings (SSSR count). The van der Waals surface area contributed by atoms with Gasteiger partial charge < -0.3 is 9.73 Å². The van der Waals surface area contributed by atoms with Crippen molar-refractivity contribution in [2.24, 2.45) is 0 Å². The Bertz CT molecular complexity index is 649. The third-order valence-corrected chi connectivity index (χ3v) is 3.08. The predicted molar refractivity (Wildman–Crippen MR) is 70.4 cm³/mol. The van der Waals surface area contributed by atoms with Crippen molar-refractivity contribution >= 4 is 5.91 Å². The monoisotopic (exact) mass is 279 g/mol. The van der Waals surface area contributed by atoms with Crippen LogP contribution in [0, 0.1) is 25.5 Å². The second-order valence-electron chi connectivity index (χ2n) is 4.70. The van der Waals surface area contributed by atoms with Crippen molar-refractivity contribution in [2.45, 2.75) is 26.8 Å². The lowest BCUT2D eigenvalue weighted by molar-refractivity contribution is 0.0938. The molecular formula is C15H15F2NO2. The summed E-state index contributed by atoms with van der Waals surface area (Å²) in [4.78, 5) is 12.1. The molecule has 0 bridgehead atoms. The molecular weight excluding hydrogens is 264 g/mol. The van der Waals surface area contributed by atoms with E-state index in [1.165, 1.54) is 6.07 Å². The number of aryl methyl sites for hydroxylation is 2. The van der Waals surface area contributed by atoms with Crippen LogP contribution in [-0.4, -0.2) is 5.91 Å². The van der Waals surface area contributed by atoms with E-state index in [4.69, 9.17) is 4.42 Å². The molecule has 20 heavy (non-hydrogen) atoms. The van der Waals surface area contributed by atoms with Gasteiger partial charge in [-0.15, -0.1) is 0 Å². The average Bonchev–Trinajstić information content (AvgIpc) is 2.71. The second kappa shape index (κ2) is 5.45. The zero-order valence-corrected chi connectivity index (χ0v) is 11.5. The molecule has 2 aromatic rings. The van der Waals surface area contributed by atoms with E-state index in [1.54, 1.807) is 26.8 Å². The maximum absolute atomic E-state index is 13.2. The minimum Gasteiger partial charge on any atom is -0.466 e. The van der Waals surface area contributed by atoms with Crippen molar-refractivity contribution in [3.8, 4) is 0 Å². The summed E-state index contributed by atoms with van der Waals surface area (Å²) in [6, 6.07) is 4.76. The van der Waals surface area contributed by atoms with Crippen molar-refractivity contribution < 1.29 is 18.0 Å². The number of furan rings is 1. The highest BCUT2D eigenvalue weighted by atomic mass is 19.2. The van der Waals surface area contributed by atoms with Gasteiger partial charge in [-0.25, -0.2) is 8.78 Å². The highest BCUT2D eigenvalue weighted by Crippen LogP contribution is 2.18. The summed E-state index contributed by atoms with van der Waals surface area (Å²) >= 11 is 0. The van der Waals surface area contributed by atoms with Crippen LogP contribution in [0.3, 0.4) is 0 Å². The van der Waals surface area contributed by atoms with Gasteiger partial charge in [-0.3, -0.25) is 4.79 Å². The Morgan fingerprint density at radius 3 is 2.45 bits per heavy atom. The second-order valence-corrected chi connectivity index (χ2v) is 4.70. The van der Waals surface area contributed by atoms with Gasteiger partial charge in [0.05, 0.1) is 11.6 Å². The standard InChI is InChI=1S/C15H15F2NO2/c1-8-6-12(10(3)20-8)15(19)18-9(2)11-4-5-13(16)14(17)7-11/h4-7,9H,1-3H3,(H,18,19). The van der Waals surface area contributed by atoms with Gasteiger partial charge in [-0.2, -0.15) is 0 Å². The average molecular weight is 279 g/mol. The number of carbonyl (C=O) groups excluding carboxylic acids is 1. The highest BCUT2D eigenvalue weighted by molar-refractivity contribution is 5.95. The molecule has 0 aliphatic rings. The first kappa shape index (κ1) is 14.2. The molecule has 3 nitrogen and oxygen atoms in total. The van der Waals surface area contributed by atoms with Crippen LogP contribution in [-0.2, 0) is 0 Å². The lowest BCUT2D eigenvalue weighted by Crippen LogP contribution is -2.26.